The molecule has 4 aromatic carbocycles. The minimum atomic E-state index is -1.87. The van der Waals surface area contributed by atoms with Crippen molar-refractivity contribution in [2.45, 2.75) is 13.2 Å². The van der Waals surface area contributed by atoms with Crippen molar-refractivity contribution in [2.75, 3.05) is 28.4 Å². The van der Waals surface area contributed by atoms with Crippen LogP contribution in [-0.2, 0) is 32.3 Å². The van der Waals surface area contributed by atoms with E-state index < -0.39 is 35.3 Å². The summed E-state index contributed by atoms with van der Waals surface area (Å²) in [7, 11) is 4.92. The molecule has 0 spiro atoms. The summed E-state index contributed by atoms with van der Waals surface area (Å²) in [6.45, 7) is 0.488. The first-order valence-electron chi connectivity index (χ1n) is 14.2. The van der Waals surface area contributed by atoms with Crippen LogP contribution in [0.15, 0.2) is 97.1 Å². The number of methoxy groups -OCH3 is 4. The molecular formula is C36H34O10. The van der Waals surface area contributed by atoms with Gasteiger partial charge in [0.15, 0.2) is 34.6 Å². The Hall–Kier alpha value is -5.64. The molecule has 46 heavy (non-hydrogen) atoms. The summed E-state index contributed by atoms with van der Waals surface area (Å²) in [5.41, 5.74) is 1.82. The summed E-state index contributed by atoms with van der Waals surface area (Å²) in [6, 6.07) is 27.5. The van der Waals surface area contributed by atoms with Gasteiger partial charge < -0.3 is 28.4 Å². The summed E-state index contributed by atoms with van der Waals surface area (Å²) >= 11 is 0. The third-order valence-corrected chi connectivity index (χ3v) is 7.18. The van der Waals surface area contributed by atoms with Crippen molar-refractivity contribution < 1.29 is 47.6 Å². The largest absolute Gasteiger partial charge is 0.493 e. The van der Waals surface area contributed by atoms with Gasteiger partial charge in [0, 0.05) is 11.1 Å². The molecule has 0 radical (unpaired) electrons. The average molecular weight is 627 g/mol. The van der Waals surface area contributed by atoms with E-state index in [1.54, 1.807) is 0 Å². The Labute approximate surface area is 266 Å². The number of ketones is 2. The van der Waals surface area contributed by atoms with Crippen LogP contribution < -0.4 is 18.9 Å². The van der Waals surface area contributed by atoms with Crippen LogP contribution >= 0.6 is 0 Å². The van der Waals surface area contributed by atoms with Crippen molar-refractivity contribution in [2.24, 2.45) is 11.8 Å². The molecule has 0 amide bonds. The molecule has 4 rings (SSSR count). The van der Waals surface area contributed by atoms with Crippen molar-refractivity contribution in [3.8, 4) is 23.0 Å². The van der Waals surface area contributed by atoms with Crippen LogP contribution in [0.1, 0.15) is 31.8 Å². The van der Waals surface area contributed by atoms with Crippen LogP contribution in [0.2, 0.25) is 0 Å². The second kappa shape index (κ2) is 15.9. The number of ether oxygens (including phenoxy) is 6. The van der Waals surface area contributed by atoms with E-state index >= 15 is 0 Å². The molecule has 0 fully saturated rings. The Morgan fingerprint density at radius 2 is 0.870 bits per heavy atom. The van der Waals surface area contributed by atoms with E-state index in [0.29, 0.717) is 11.5 Å². The zero-order chi connectivity index (χ0) is 33.1. The van der Waals surface area contributed by atoms with Crippen LogP contribution in [0, 0.1) is 11.8 Å². The molecule has 0 unspecified atom stereocenters. The Balaban J connectivity index is 1.63. The van der Waals surface area contributed by atoms with Gasteiger partial charge in [-0.3, -0.25) is 19.2 Å². The van der Waals surface area contributed by atoms with Crippen molar-refractivity contribution in [1.29, 1.82) is 0 Å². The lowest BCUT2D eigenvalue weighted by Crippen LogP contribution is -2.42. The van der Waals surface area contributed by atoms with E-state index in [0.717, 1.165) is 25.3 Å². The van der Waals surface area contributed by atoms with Gasteiger partial charge in [0.05, 0.1) is 28.4 Å². The Kier molecular flexibility index (Phi) is 11.5. The normalized spacial score (nSPS) is 11.8. The lowest BCUT2D eigenvalue weighted by atomic mass is 9.80. The lowest BCUT2D eigenvalue weighted by Gasteiger charge is -2.22. The van der Waals surface area contributed by atoms with Gasteiger partial charge in [-0.25, -0.2) is 0 Å². The number of hydrogen-bond donors (Lipinski definition) is 0. The molecule has 0 N–H and O–H groups in total. The van der Waals surface area contributed by atoms with Gasteiger partial charge in [0.2, 0.25) is 0 Å². The molecule has 0 bridgehead atoms. The SMILES string of the molecule is COC(=O)[C@H](C(=O)c1ccc(OCc2ccccc2)c(OC)c1)[C@@H](C(=O)OC)C(=O)c1ccc(OCc2ccccc2)c(OC)c1. The maximum Gasteiger partial charge on any atom is 0.317 e. The quantitative estimate of drug-likeness (QED) is 0.0949. The summed E-state index contributed by atoms with van der Waals surface area (Å²) in [4.78, 5) is 54.0. The highest BCUT2D eigenvalue weighted by Crippen LogP contribution is 2.34. The van der Waals surface area contributed by atoms with Crippen LogP contribution in [-0.4, -0.2) is 51.9 Å². The van der Waals surface area contributed by atoms with E-state index in [9.17, 15) is 19.2 Å². The van der Waals surface area contributed by atoms with Crippen LogP contribution in [0.25, 0.3) is 0 Å². The monoisotopic (exact) mass is 626 g/mol. The van der Waals surface area contributed by atoms with Gasteiger partial charge in [-0.1, -0.05) is 60.7 Å². The van der Waals surface area contributed by atoms with E-state index in [1.165, 1.54) is 50.6 Å². The fourth-order valence-electron chi connectivity index (χ4n) is 4.75. The second-order valence-electron chi connectivity index (χ2n) is 10.0. The Morgan fingerprint density at radius 1 is 0.500 bits per heavy atom. The molecule has 0 heterocycles. The van der Waals surface area contributed by atoms with E-state index in [1.807, 2.05) is 60.7 Å². The van der Waals surface area contributed by atoms with Gasteiger partial charge in [-0.2, -0.15) is 0 Å². The number of esters is 2. The summed E-state index contributed by atoms with van der Waals surface area (Å²) in [5.74, 6) is -6.50. The van der Waals surface area contributed by atoms with Gasteiger partial charge in [0.25, 0.3) is 0 Å². The van der Waals surface area contributed by atoms with Gasteiger partial charge in [-0.05, 0) is 47.5 Å². The minimum absolute atomic E-state index is 0.0109. The fraction of sp³-hybridized carbons (Fsp3) is 0.222. The minimum Gasteiger partial charge on any atom is -0.493 e. The molecule has 0 aliphatic heterocycles. The van der Waals surface area contributed by atoms with Crippen molar-refractivity contribution in [3.63, 3.8) is 0 Å². The first-order valence-corrected chi connectivity index (χ1v) is 14.2. The van der Waals surface area contributed by atoms with Gasteiger partial charge in [0.1, 0.15) is 25.0 Å². The molecule has 10 nitrogen and oxygen atoms in total. The Morgan fingerprint density at radius 3 is 1.20 bits per heavy atom. The smallest absolute Gasteiger partial charge is 0.317 e. The second-order valence-corrected chi connectivity index (χ2v) is 10.0. The molecule has 238 valence electrons. The number of rotatable bonds is 15. The number of carbonyl (C=O) groups is 4. The topological polar surface area (TPSA) is 124 Å². The van der Waals surface area contributed by atoms with Crippen LogP contribution in [0.4, 0.5) is 0 Å². The molecule has 10 heteroatoms. The molecule has 2 atom stereocenters. The first kappa shape index (κ1) is 33.3. The van der Waals surface area contributed by atoms with Gasteiger partial charge in [-0.15, -0.1) is 0 Å². The molecule has 4 aromatic rings. The lowest BCUT2D eigenvalue weighted by molar-refractivity contribution is -0.153. The predicted molar refractivity (Wildman–Crippen MR) is 167 cm³/mol. The third-order valence-electron chi connectivity index (χ3n) is 7.18. The highest BCUT2D eigenvalue weighted by molar-refractivity contribution is 6.19. The molecule has 0 saturated carbocycles. The predicted octanol–water partition coefficient (Wildman–Crippen LogP) is 5.51. The van der Waals surface area contributed by atoms with Crippen molar-refractivity contribution in [3.05, 3.63) is 119 Å². The van der Waals surface area contributed by atoms with E-state index in [-0.39, 0.29) is 35.8 Å². The fourth-order valence-corrected chi connectivity index (χ4v) is 4.75. The van der Waals surface area contributed by atoms with E-state index in [4.69, 9.17) is 28.4 Å². The van der Waals surface area contributed by atoms with Crippen molar-refractivity contribution in [1.82, 2.24) is 0 Å². The van der Waals surface area contributed by atoms with Crippen LogP contribution in [0.5, 0.6) is 23.0 Å². The van der Waals surface area contributed by atoms with E-state index in [2.05, 4.69) is 0 Å². The molecule has 0 saturated heterocycles. The maximum atomic E-state index is 13.9. The molecule has 0 aliphatic rings. The highest BCUT2D eigenvalue weighted by Gasteiger charge is 2.46. The zero-order valence-corrected chi connectivity index (χ0v) is 25.9. The third kappa shape index (κ3) is 7.89. The van der Waals surface area contributed by atoms with Crippen LogP contribution in [0.3, 0.4) is 0 Å². The number of hydrogen-bond acceptors (Lipinski definition) is 10. The average Bonchev–Trinajstić information content (AvgIpc) is 3.11. The van der Waals surface area contributed by atoms with Crippen molar-refractivity contribution >= 4 is 23.5 Å². The number of carbonyl (C=O) groups excluding carboxylic acids is 4. The maximum absolute atomic E-state index is 13.9. The standard InChI is InChI=1S/C36H34O10/c1-41-29-19-25(15-17-27(29)45-21-23-11-7-5-8-12-23)33(37)31(35(39)43-3)32(36(40)44-4)34(38)26-16-18-28(30(20-26)42-2)46-22-24-13-9-6-10-14-24/h5-20,31-32H,21-22H2,1-4H3/t31-,32+. The van der Waals surface area contributed by atoms with Gasteiger partial charge >= 0.3 is 11.9 Å². The first-order chi connectivity index (χ1) is 22.3. The molecule has 0 aromatic heterocycles. The highest BCUT2D eigenvalue weighted by atomic mass is 16.5. The number of Topliss-reactive ketones (excluding diaryl/α,β-unsaturated/α-hetero) is 2. The molecular weight excluding hydrogens is 592 g/mol. The summed E-state index contributed by atoms with van der Waals surface area (Å²) < 4.78 is 32.4. The summed E-state index contributed by atoms with van der Waals surface area (Å²) in [6.07, 6.45) is 0. The zero-order valence-electron chi connectivity index (χ0n) is 25.9. The summed E-state index contributed by atoms with van der Waals surface area (Å²) in [5, 5.41) is 0. The Bertz CT molecular complexity index is 1540. The molecule has 0 aliphatic carbocycles. The number of benzene rings is 4.